The first-order valence-electron chi connectivity index (χ1n) is 5.35. The highest BCUT2D eigenvalue weighted by molar-refractivity contribution is 5.16. The Hall–Kier alpha value is -1.09. The Balaban J connectivity index is 1.88. The van der Waals surface area contributed by atoms with Gasteiger partial charge in [0.15, 0.2) is 0 Å². The fourth-order valence-electron chi connectivity index (χ4n) is 1.71. The Morgan fingerprint density at radius 2 is 2.27 bits per heavy atom. The van der Waals surface area contributed by atoms with Crippen LogP contribution in [0, 0.1) is 5.41 Å². The van der Waals surface area contributed by atoms with E-state index < -0.39 is 0 Å². The van der Waals surface area contributed by atoms with E-state index in [1.165, 1.54) is 6.42 Å². The number of pyridine rings is 1. The van der Waals surface area contributed by atoms with E-state index in [1.807, 2.05) is 18.2 Å². The predicted octanol–water partition coefficient (Wildman–Crippen LogP) is 1.98. The summed E-state index contributed by atoms with van der Waals surface area (Å²) in [6.45, 7) is 5.39. The molecule has 1 N–H and O–H groups in total. The van der Waals surface area contributed by atoms with E-state index in [4.69, 9.17) is 4.74 Å². The second kappa shape index (κ2) is 3.81. The third-order valence-corrected chi connectivity index (χ3v) is 3.03. The minimum atomic E-state index is 0.471. The van der Waals surface area contributed by atoms with Crippen molar-refractivity contribution in [1.82, 2.24) is 10.3 Å². The molecule has 15 heavy (non-hydrogen) atoms. The molecule has 0 bridgehead atoms. The molecular weight excluding hydrogens is 188 g/mol. The molecule has 1 aromatic rings. The number of hydrogen-bond acceptors (Lipinski definition) is 3. The Labute approximate surface area is 90.9 Å². The molecular formula is C12H18N2O. The first kappa shape index (κ1) is 10.4. The lowest BCUT2D eigenvalue weighted by Crippen LogP contribution is -2.20. The standard InChI is InChI=1S/C12H18N2O/c1-12(2)7-10(12)13-8-9-5-4-6-11(14-9)15-3/h4-6,10,13H,7-8H2,1-3H3. The highest BCUT2D eigenvalue weighted by Crippen LogP contribution is 2.44. The Morgan fingerprint density at radius 1 is 1.53 bits per heavy atom. The van der Waals surface area contributed by atoms with Gasteiger partial charge in [0.25, 0.3) is 0 Å². The monoisotopic (exact) mass is 206 g/mol. The average molecular weight is 206 g/mol. The first-order valence-corrected chi connectivity index (χ1v) is 5.35. The molecule has 0 amide bonds. The zero-order valence-electron chi connectivity index (χ0n) is 9.58. The van der Waals surface area contributed by atoms with E-state index in [-0.39, 0.29) is 0 Å². The van der Waals surface area contributed by atoms with Gasteiger partial charge in [0, 0.05) is 18.7 Å². The van der Waals surface area contributed by atoms with E-state index in [0.29, 0.717) is 17.3 Å². The lowest BCUT2D eigenvalue weighted by molar-refractivity contribution is 0.395. The number of hydrogen-bond donors (Lipinski definition) is 1. The van der Waals surface area contributed by atoms with Crippen molar-refractivity contribution in [1.29, 1.82) is 0 Å². The summed E-state index contributed by atoms with van der Waals surface area (Å²) in [5, 5.41) is 3.50. The molecule has 0 radical (unpaired) electrons. The molecule has 0 saturated heterocycles. The summed E-state index contributed by atoms with van der Waals surface area (Å²) in [6, 6.07) is 6.50. The van der Waals surface area contributed by atoms with Crippen molar-refractivity contribution in [3.05, 3.63) is 23.9 Å². The maximum absolute atomic E-state index is 5.08. The van der Waals surface area contributed by atoms with Gasteiger partial charge in [-0.05, 0) is 17.9 Å². The molecule has 1 aliphatic rings. The van der Waals surface area contributed by atoms with Crippen molar-refractivity contribution in [2.24, 2.45) is 5.41 Å². The summed E-state index contributed by atoms with van der Waals surface area (Å²) in [6.07, 6.45) is 1.26. The lowest BCUT2D eigenvalue weighted by atomic mass is 10.2. The van der Waals surface area contributed by atoms with Gasteiger partial charge >= 0.3 is 0 Å². The molecule has 1 heterocycles. The third kappa shape index (κ3) is 2.48. The molecule has 1 fully saturated rings. The van der Waals surface area contributed by atoms with Gasteiger partial charge in [0.1, 0.15) is 0 Å². The maximum Gasteiger partial charge on any atom is 0.213 e. The molecule has 0 aromatic carbocycles. The number of ether oxygens (including phenoxy) is 1. The van der Waals surface area contributed by atoms with Crippen LogP contribution >= 0.6 is 0 Å². The van der Waals surface area contributed by atoms with Crippen molar-refractivity contribution in [3.63, 3.8) is 0 Å². The molecule has 1 atom stereocenters. The van der Waals surface area contributed by atoms with E-state index in [0.717, 1.165) is 12.2 Å². The van der Waals surface area contributed by atoms with Gasteiger partial charge in [-0.3, -0.25) is 0 Å². The van der Waals surface area contributed by atoms with Gasteiger partial charge in [0.05, 0.1) is 12.8 Å². The van der Waals surface area contributed by atoms with Gasteiger partial charge in [-0.15, -0.1) is 0 Å². The van der Waals surface area contributed by atoms with Crippen LogP contribution in [0.1, 0.15) is 26.0 Å². The normalized spacial score (nSPS) is 22.5. The summed E-state index contributed by atoms with van der Waals surface area (Å²) < 4.78 is 5.08. The fraction of sp³-hybridized carbons (Fsp3) is 0.583. The van der Waals surface area contributed by atoms with E-state index in [2.05, 4.69) is 24.1 Å². The Bertz CT molecular complexity index is 349. The van der Waals surface area contributed by atoms with Crippen LogP contribution in [0.25, 0.3) is 0 Å². The first-order chi connectivity index (χ1) is 7.12. The topological polar surface area (TPSA) is 34.1 Å². The van der Waals surface area contributed by atoms with Gasteiger partial charge in [-0.1, -0.05) is 19.9 Å². The fourth-order valence-corrected chi connectivity index (χ4v) is 1.71. The molecule has 1 unspecified atom stereocenters. The number of rotatable bonds is 4. The van der Waals surface area contributed by atoms with Crippen LogP contribution in [0.4, 0.5) is 0 Å². The third-order valence-electron chi connectivity index (χ3n) is 3.03. The van der Waals surface area contributed by atoms with Crippen molar-refractivity contribution in [2.45, 2.75) is 32.9 Å². The summed E-state index contributed by atoms with van der Waals surface area (Å²) >= 11 is 0. The average Bonchev–Trinajstić information content (AvgIpc) is 2.84. The minimum absolute atomic E-state index is 0.471. The molecule has 0 spiro atoms. The van der Waals surface area contributed by atoms with Crippen LogP contribution in [0.5, 0.6) is 5.88 Å². The van der Waals surface area contributed by atoms with Crippen molar-refractivity contribution < 1.29 is 4.74 Å². The molecule has 1 aromatic heterocycles. The highest BCUT2D eigenvalue weighted by atomic mass is 16.5. The van der Waals surface area contributed by atoms with E-state index in [1.54, 1.807) is 7.11 Å². The van der Waals surface area contributed by atoms with Gasteiger partial charge in [-0.25, -0.2) is 4.98 Å². The van der Waals surface area contributed by atoms with Gasteiger partial charge in [0.2, 0.25) is 5.88 Å². The number of methoxy groups -OCH3 is 1. The van der Waals surface area contributed by atoms with E-state index in [9.17, 15) is 0 Å². The van der Waals surface area contributed by atoms with Crippen molar-refractivity contribution in [3.8, 4) is 5.88 Å². The predicted molar refractivity (Wildman–Crippen MR) is 59.8 cm³/mol. The molecule has 3 heteroatoms. The summed E-state index contributed by atoms with van der Waals surface area (Å²) in [7, 11) is 1.64. The number of nitrogens with zero attached hydrogens (tertiary/aromatic N) is 1. The van der Waals surface area contributed by atoms with Crippen LogP contribution in [-0.4, -0.2) is 18.1 Å². The van der Waals surface area contributed by atoms with Crippen molar-refractivity contribution >= 4 is 0 Å². The summed E-state index contributed by atoms with van der Waals surface area (Å²) in [5.74, 6) is 0.685. The number of aromatic nitrogens is 1. The molecule has 2 rings (SSSR count). The number of nitrogens with one attached hydrogen (secondary N) is 1. The molecule has 3 nitrogen and oxygen atoms in total. The zero-order chi connectivity index (χ0) is 10.9. The van der Waals surface area contributed by atoms with Crippen LogP contribution in [0.3, 0.4) is 0 Å². The van der Waals surface area contributed by atoms with Crippen LogP contribution < -0.4 is 10.1 Å². The molecule has 1 saturated carbocycles. The van der Waals surface area contributed by atoms with Crippen molar-refractivity contribution in [2.75, 3.05) is 7.11 Å². The van der Waals surface area contributed by atoms with Crippen LogP contribution in [-0.2, 0) is 6.54 Å². The summed E-state index contributed by atoms with van der Waals surface area (Å²) in [5.41, 5.74) is 1.51. The largest absolute Gasteiger partial charge is 0.481 e. The van der Waals surface area contributed by atoms with Crippen LogP contribution in [0.15, 0.2) is 18.2 Å². The van der Waals surface area contributed by atoms with Crippen LogP contribution in [0.2, 0.25) is 0 Å². The lowest BCUT2D eigenvalue weighted by Gasteiger charge is -2.06. The second-order valence-corrected chi connectivity index (χ2v) is 4.80. The Morgan fingerprint density at radius 3 is 2.87 bits per heavy atom. The minimum Gasteiger partial charge on any atom is -0.481 e. The molecule has 0 aliphatic heterocycles. The molecule has 1 aliphatic carbocycles. The molecule has 82 valence electrons. The second-order valence-electron chi connectivity index (χ2n) is 4.80. The van der Waals surface area contributed by atoms with E-state index >= 15 is 0 Å². The maximum atomic E-state index is 5.08. The highest BCUT2D eigenvalue weighted by Gasteiger charge is 2.44. The zero-order valence-corrected chi connectivity index (χ0v) is 9.58. The Kier molecular flexibility index (Phi) is 2.65. The van der Waals surface area contributed by atoms with Gasteiger partial charge in [-0.2, -0.15) is 0 Å². The quantitative estimate of drug-likeness (QED) is 0.818. The summed E-state index contributed by atoms with van der Waals surface area (Å²) in [4.78, 5) is 4.35. The van der Waals surface area contributed by atoms with Gasteiger partial charge < -0.3 is 10.1 Å². The smallest absolute Gasteiger partial charge is 0.213 e. The SMILES string of the molecule is COc1cccc(CNC2CC2(C)C)n1.